The zero-order valence-electron chi connectivity index (χ0n) is 13.8. The van der Waals surface area contributed by atoms with Gasteiger partial charge in [0.15, 0.2) is 0 Å². The largest absolute Gasteiger partial charge is 0.481 e. The van der Waals surface area contributed by atoms with Gasteiger partial charge in [-0.1, -0.05) is 6.07 Å². The highest BCUT2D eigenvalue weighted by atomic mass is 19.1. The van der Waals surface area contributed by atoms with E-state index < -0.39 is 17.6 Å². The van der Waals surface area contributed by atoms with E-state index in [2.05, 4.69) is 0 Å². The summed E-state index contributed by atoms with van der Waals surface area (Å²) in [5.74, 6) is -3.09. The summed E-state index contributed by atoms with van der Waals surface area (Å²) in [6.07, 6.45) is 2.06. The van der Waals surface area contributed by atoms with Crippen molar-refractivity contribution in [2.24, 2.45) is 5.92 Å². The molecule has 25 heavy (non-hydrogen) atoms. The number of aliphatic carboxylic acids is 1. The van der Waals surface area contributed by atoms with Crippen molar-refractivity contribution in [2.75, 3.05) is 19.7 Å². The lowest BCUT2D eigenvalue weighted by Gasteiger charge is -2.25. The predicted molar refractivity (Wildman–Crippen MR) is 85.0 cm³/mol. The molecular weight excluding hydrogens is 332 g/mol. The van der Waals surface area contributed by atoms with Gasteiger partial charge in [0.2, 0.25) is 5.91 Å². The van der Waals surface area contributed by atoms with Crippen molar-refractivity contribution in [2.45, 2.75) is 37.7 Å². The number of carboxylic acids is 1. The molecule has 5 nitrogen and oxygen atoms in total. The van der Waals surface area contributed by atoms with Gasteiger partial charge in [0, 0.05) is 31.7 Å². The standard InChI is InChI=1S/C18H21F2NO4/c19-11-3-4-13(16(20)8-11)14-9-15(14)18(24)21(6-5-17(22)23)10-12-2-1-7-25-12/h3-4,8,12,14-15H,1-2,5-7,9-10H2,(H,22,23)/t12-,14-,15-/m0/s1. The lowest BCUT2D eigenvalue weighted by atomic mass is 10.1. The minimum absolute atomic E-state index is 0.0718. The van der Waals surface area contributed by atoms with Crippen LogP contribution in [0.1, 0.15) is 37.2 Å². The van der Waals surface area contributed by atoms with E-state index >= 15 is 0 Å². The van der Waals surface area contributed by atoms with Crippen LogP contribution in [0.5, 0.6) is 0 Å². The Bertz CT molecular complexity index is 660. The summed E-state index contributed by atoms with van der Waals surface area (Å²) >= 11 is 0. The molecule has 0 bridgehead atoms. The van der Waals surface area contributed by atoms with Crippen LogP contribution in [0.25, 0.3) is 0 Å². The van der Waals surface area contributed by atoms with Crippen LogP contribution in [-0.4, -0.2) is 47.7 Å². The molecule has 1 aliphatic heterocycles. The number of rotatable bonds is 7. The molecule has 1 amide bonds. The molecule has 3 rings (SSSR count). The van der Waals surface area contributed by atoms with Crippen molar-refractivity contribution in [1.29, 1.82) is 0 Å². The van der Waals surface area contributed by atoms with Crippen molar-refractivity contribution < 1.29 is 28.2 Å². The molecule has 1 aromatic carbocycles. The van der Waals surface area contributed by atoms with Gasteiger partial charge >= 0.3 is 5.97 Å². The second-order valence-corrected chi connectivity index (χ2v) is 6.68. The van der Waals surface area contributed by atoms with Crippen LogP contribution in [0.3, 0.4) is 0 Å². The van der Waals surface area contributed by atoms with E-state index in [0.29, 0.717) is 25.1 Å². The lowest BCUT2D eigenvalue weighted by Crippen LogP contribution is -2.39. The van der Waals surface area contributed by atoms with Crippen LogP contribution in [0.2, 0.25) is 0 Å². The fourth-order valence-electron chi connectivity index (χ4n) is 3.40. The van der Waals surface area contributed by atoms with Gasteiger partial charge in [-0.3, -0.25) is 9.59 Å². The first-order valence-electron chi connectivity index (χ1n) is 8.53. The second kappa shape index (κ2) is 7.47. The van der Waals surface area contributed by atoms with Gasteiger partial charge in [-0.2, -0.15) is 0 Å². The number of halogens is 2. The van der Waals surface area contributed by atoms with Crippen LogP contribution in [0, 0.1) is 17.6 Å². The van der Waals surface area contributed by atoms with Gasteiger partial charge < -0.3 is 14.7 Å². The number of hydrogen-bond acceptors (Lipinski definition) is 3. The summed E-state index contributed by atoms with van der Waals surface area (Å²) in [5, 5.41) is 8.90. The molecule has 0 aromatic heterocycles. The highest BCUT2D eigenvalue weighted by Crippen LogP contribution is 2.49. The third kappa shape index (κ3) is 4.34. The molecule has 1 saturated heterocycles. The molecule has 1 aromatic rings. The Kier molecular flexibility index (Phi) is 5.32. The maximum Gasteiger partial charge on any atom is 0.305 e. The van der Waals surface area contributed by atoms with Crippen LogP contribution in [0.4, 0.5) is 8.78 Å². The van der Waals surface area contributed by atoms with E-state index in [0.717, 1.165) is 18.9 Å². The Morgan fingerprint density at radius 3 is 2.76 bits per heavy atom. The number of amides is 1. The number of hydrogen-bond donors (Lipinski definition) is 1. The van der Waals surface area contributed by atoms with Crippen LogP contribution in [0.15, 0.2) is 18.2 Å². The topological polar surface area (TPSA) is 66.8 Å². The molecule has 2 fully saturated rings. The quantitative estimate of drug-likeness (QED) is 0.818. The second-order valence-electron chi connectivity index (χ2n) is 6.68. The summed E-state index contributed by atoms with van der Waals surface area (Å²) in [6, 6.07) is 3.39. The van der Waals surface area contributed by atoms with E-state index in [1.807, 2.05) is 0 Å². The van der Waals surface area contributed by atoms with E-state index in [1.54, 1.807) is 0 Å². The van der Waals surface area contributed by atoms with Gasteiger partial charge in [0.05, 0.1) is 12.5 Å². The minimum Gasteiger partial charge on any atom is -0.481 e. The average molecular weight is 353 g/mol. The maximum absolute atomic E-state index is 13.9. The van der Waals surface area contributed by atoms with E-state index in [-0.39, 0.29) is 36.8 Å². The first kappa shape index (κ1) is 17.8. The first-order chi connectivity index (χ1) is 12.0. The zero-order valence-corrected chi connectivity index (χ0v) is 13.8. The Balaban J connectivity index is 1.66. The number of benzene rings is 1. The summed E-state index contributed by atoms with van der Waals surface area (Å²) in [6.45, 7) is 1.13. The monoisotopic (exact) mass is 353 g/mol. The van der Waals surface area contributed by atoms with E-state index in [4.69, 9.17) is 9.84 Å². The van der Waals surface area contributed by atoms with Gasteiger partial charge in [-0.25, -0.2) is 8.78 Å². The molecule has 0 radical (unpaired) electrons. The van der Waals surface area contributed by atoms with Gasteiger partial charge in [-0.05, 0) is 36.8 Å². The zero-order chi connectivity index (χ0) is 18.0. The maximum atomic E-state index is 13.9. The highest BCUT2D eigenvalue weighted by Gasteiger charge is 2.47. The van der Waals surface area contributed by atoms with Gasteiger partial charge in [-0.15, -0.1) is 0 Å². The molecule has 1 N–H and O–H groups in total. The Labute approximate surface area is 144 Å². The van der Waals surface area contributed by atoms with E-state index in [9.17, 15) is 18.4 Å². The van der Waals surface area contributed by atoms with Crippen LogP contribution >= 0.6 is 0 Å². The van der Waals surface area contributed by atoms with Crippen LogP contribution < -0.4 is 0 Å². The average Bonchev–Trinajstić information content (AvgIpc) is 3.17. The third-order valence-electron chi connectivity index (χ3n) is 4.82. The van der Waals surface area contributed by atoms with Crippen molar-refractivity contribution in [3.63, 3.8) is 0 Å². The Hall–Kier alpha value is -2.02. The SMILES string of the molecule is O=C(O)CCN(C[C@@H]1CCCO1)C(=O)[C@H]1C[C@H]1c1ccc(F)cc1F. The summed E-state index contributed by atoms with van der Waals surface area (Å²) in [5.41, 5.74) is 0.343. The Morgan fingerprint density at radius 1 is 1.32 bits per heavy atom. The molecule has 136 valence electrons. The number of carboxylic acid groups (broad SMARTS) is 1. The summed E-state index contributed by atoms with van der Waals surface area (Å²) in [7, 11) is 0. The molecule has 0 unspecified atom stereocenters. The van der Waals surface area contributed by atoms with Crippen molar-refractivity contribution >= 4 is 11.9 Å². The highest BCUT2D eigenvalue weighted by molar-refractivity contribution is 5.83. The number of ether oxygens (including phenoxy) is 1. The van der Waals surface area contributed by atoms with Gasteiger partial charge in [0.25, 0.3) is 0 Å². The Morgan fingerprint density at radius 2 is 2.12 bits per heavy atom. The third-order valence-corrected chi connectivity index (χ3v) is 4.82. The molecule has 1 aliphatic carbocycles. The summed E-state index contributed by atoms with van der Waals surface area (Å²) < 4.78 is 32.5. The normalized spacial score (nSPS) is 25.0. The first-order valence-corrected chi connectivity index (χ1v) is 8.53. The number of carbonyl (C=O) groups is 2. The number of carbonyl (C=O) groups excluding carboxylic acids is 1. The minimum atomic E-state index is -0.970. The summed E-state index contributed by atoms with van der Waals surface area (Å²) in [4.78, 5) is 25.1. The molecule has 2 aliphatic rings. The molecular formula is C18H21F2NO4. The molecule has 7 heteroatoms. The van der Waals surface area contributed by atoms with Crippen molar-refractivity contribution in [3.8, 4) is 0 Å². The number of nitrogens with zero attached hydrogens (tertiary/aromatic N) is 1. The smallest absolute Gasteiger partial charge is 0.305 e. The molecule has 0 spiro atoms. The molecule has 3 atom stereocenters. The van der Waals surface area contributed by atoms with Gasteiger partial charge in [0.1, 0.15) is 11.6 Å². The van der Waals surface area contributed by atoms with E-state index in [1.165, 1.54) is 17.0 Å². The predicted octanol–water partition coefficient (Wildman–Crippen LogP) is 2.55. The molecule has 1 heterocycles. The fourth-order valence-corrected chi connectivity index (χ4v) is 3.40. The fraction of sp³-hybridized carbons (Fsp3) is 0.556. The lowest BCUT2D eigenvalue weighted by molar-refractivity contribution is -0.139. The molecule has 1 saturated carbocycles. The van der Waals surface area contributed by atoms with Crippen molar-refractivity contribution in [1.82, 2.24) is 4.90 Å². The van der Waals surface area contributed by atoms with Crippen LogP contribution in [-0.2, 0) is 14.3 Å². The van der Waals surface area contributed by atoms with Crippen molar-refractivity contribution in [3.05, 3.63) is 35.4 Å².